The van der Waals surface area contributed by atoms with Crippen LogP contribution in [0.3, 0.4) is 0 Å². The maximum absolute atomic E-state index is 12.8. The zero-order valence-corrected chi connectivity index (χ0v) is 31.0. The third-order valence-corrected chi connectivity index (χ3v) is 11.5. The second-order valence-electron chi connectivity index (χ2n) is 13.9. The maximum Gasteiger partial charge on any atom is 0.372 e. The Hall–Kier alpha value is -1.95. The SMILES string of the molecule is CCCCCCn1c(C(=O)O)nc(C(OCC[Si](C)(C)C)c2ccc(Cl)cc2)c1C(OCC[Si](C)(C)C)c1ccc(Cl)cc1. The molecule has 0 radical (unpaired) electrons. The van der Waals surface area contributed by atoms with Crippen molar-refractivity contribution < 1.29 is 19.4 Å². The third kappa shape index (κ3) is 11.1. The van der Waals surface area contributed by atoms with Gasteiger partial charge >= 0.3 is 5.97 Å². The molecule has 6 nitrogen and oxygen atoms in total. The highest BCUT2D eigenvalue weighted by Gasteiger charge is 2.34. The number of unbranched alkanes of at least 4 members (excludes halogenated alkanes) is 3. The highest BCUT2D eigenvalue weighted by molar-refractivity contribution is 6.76. The van der Waals surface area contributed by atoms with E-state index in [1.54, 1.807) is 0 Å². The van der Waals surface area contributed by atoms with Gasteiger partial charge in [0, 0.05) is 46.0 Å². The number of imidazole rings is 1. The summed E-state index contributed by atoms with van der Waals surface area (Å²) >= 11 is 12.6. The summed E-state index contributed by atoms with van der Waals surface area (Å²) in [7, 11) is -2.83. The molecule has 2 unspecified atom stereocenters. The molecule has 0 amide bonds. The van der Waals surface area contributed by atoms with Gasteiger partial charge in [-0.2, -0.15) is 0 Å². The van der Waals surface area contributed by atoms with Crippen LogP contribution in [0.5, 0.6) is 0 Å². The highest BCUT2D eigenvalue weighted by Crippen LogP contribution is 2.38. The molecule has 0 aliphatic heterocycles. The first kappa shape index (κ1) is 36.5. The van der Waals surface area contributed by atoms with E-state index in [0.29, 0.717) is 35.5 Å². The van der Waals surface area contributed by atoms with Crippen LogP contribution in [0.2, 0.25) is 61.4 Å². The van der Waals surface area contributed by atoms with Crippen LogP contribution in [-0.2, 0) is 16.0 Å². The van der Waals surface area contributed by atoms with Gasteiger partial charge in [0.05, 0.1) is 11.4 Å². The van der Waals surface area contributed by atoms with E-state index in [-0.39, 0.29) is 5.82 Å². The molecule has 3 rings (SSSR count). The number of benzene rings is 2. The molecule has 1 aromatic heterocycles. The molecule has 0 saturated carbocycles. The van der Waals surface area contributed by atoms with Crippen molar-refractivity contribution in [3.63, 3.8) is 0 Å². The predicted octanol–water partition coefficient (Wildman–Crippen LogP) is 10.4. The molecule has 44 heavy (non-hydrogen) atoms. The summed E-state index contributed by atoms with van der Waals surface area (Å²) in [5.41, 5.74) is 3.07. The molecule has 2 aromatic carbocycles. The molecule has 1 heterocycles. The first-order chi connectivity index (χ1) is 20.7. The Morgan fingerprint density at radius 2 is 1.27 bits per heavy atom. The van der Waals surface area contributed by atoms with E-state index in [2.05, 4.69) is 46.2 Å². The fraction of sp³-hybridized carbons (Fsp3) is 0.529. The molecule has 0 saturated heterocycles. The van der Waals surface area contributed by atoms with Crippen LogP contribution in [0.15, 0.2) is 48.5 Å². The number of carboxylic acids is 1. The molecule has 242 valence electrons. The van der Waals surface area contributed by atoms with Crippen LogP contribution in [-0.4, -0.2) is 50.0 Å². The predicted molar refractivity (Wildman–Crippen MR) is 188 cm³/mol. The highest BCUT2D eigenvalue weighted by atomic mass is 35.5. The summed E-state index contributed by atoms with van der Waals surface area (Å²) in [6, 6.07) is 17.1. The van der Waals surface area contributed by atoms with Gasteiger partial charge in [-0.25, -0.2) is 9.78 Å². The quantitative estimate of drug-likeness (QED) is 0.107. The summed E-state index contributed by atoms with van der Waals surface area (Å²) in [4.78, 5) is 17.6. The Bertz CT molecular complexity index is 1330. The molecule has 0 spiro atoms. The number of hydrogen-bond donors (Lipinski definition) is 1. The summed E-state index contributed by atoms with van der Waals surface area (Å²) in [5, 5.41) is 11.7. The van der Waals surface area contributed by atoms with Crippen molar-refractivity contribution in [3.05, 3.63) is 86.9 Å². The summed E-state index contributed by atoms with van der Waals surface area (Å²) in [5.74, 6) is -1.06. The second-order valence-corrected chi connectivity index (χ2v) is 26.1. The Labute approximate surface area is 276 Å². The Balaban J connectivity index is 2.27. The van der Waals surface area contributed by atoms with Crippen molar-refractivity contribution in [2.24, 2.45) is 0 Å². The summed E-state index contributed by atoms with van der Waals surface area (Å²) < 4.78 is 15.3. The number of rotatable bonds is 18. The molecule has 3 aromatic rings. The fourth-order valence-corrected chi connectivity index (χ4v) is 6.66. The minimum Gasteiger partial charge on any atom is -0.475 e. The van der Waals surface area contributed by atoms with Crippen LogP contribution in [0, 0.1) is 0 Å². The average molecular weight is 678 g/mol. The number of carbonyl (C=O) groups is 1. The first-order valence-electron chi connectivity index (χ1n) is 15.8. The van der Waals surface area contributed by atoms with Crippen LogP contribution in [0.4, 0.5) is 0 Å². The molecule has 0 aliphatic carbocycles. The largest absolute Gasteiger partial charge is 0.475 e. The smallest absolute Gasteiger partial charge is 0.372 e. The Kier molecular flexibility index (Phi) is 13.8. The summed E-state index contributed by atoms with van der Waals surface area (Å²) in [6.07, 6.45) is 2.86. The van der Waals surface area contributed by atoms with Crippen molar-refractivity contribution in [2.75, 3.05) is 13.2 Å². The van der Waals surface area contributed by atoms with Gasteiger partial charge in [0.25, 0.3) is 0 Å². The van der Waals surface area contributed by atoms with Crippen molar-refractivity contribution in [2.45, 2.75) is 103 Å². The van der Waals surface area contributed by atoms with E-state index in [1.807, 2.05) is 53.1 Å². The van der Waals surface area contributed by atoms with Gasteiger partial charge in [0.15, 0.2) is 0 Å². The zero-order chi connectivity index (χ0) is 32.5. The first-order valence-corrected chi connectivity index (χ1v) is 23.9. The monoisotopic (exact) mass is 676 g/mol. The van der Waals surface area contributed by atoms with E-state index < -0.39 is 34.3 Å². The fourth-order valence-electron chi connectivity index (χ4n) is 4.95. The number of aromatic nitrogens is 2. The molecule has 0 fully saturated rings. The molecule has 2 atom stereocenters. The number of aromatic carboxylic acids is 1. The topological polar surface area (TPSA) is 73.6 Å². The molecule has 0 aliphatic rings. The maximum atomic E-state index is 12.8. The van der Waals surface area contributed by atoms with Crippen molar-refractivity contribution in [1.29, 1.82) is 0 Å². The standard InChI is InChI=1S/C34H50Cl2N2O4Si2/c1-8-9-10-11-20-38-30(32(42-22-24-44(5,6)7)26-14-18-28(36)19-15-26)29(37-33(38)34(39)40)31(41-21-23-43(2,3)4)25-12-16-27(35)17-13-25/h12-19,31-32H,8-11,20-24H2,1-7H3,(H,39,40). The van der Waals surface area contributed by atoms with Crippen molar-refractivity contribution in [1.82, 2.24) is 9.55 Å². The van der Waals surface area contributed by atoms with Crippen molar-refractivity contribution in [3.8, 4) is 0 Å². The van der Waals surface area contributed by atoms with Gasteiger partial charge in [-0.3, -0.25) is 0 Å². The number of halogens is 2. The molecule has 10 heteroatoms. The lowest BCUT2D eigenvalue weighted by molar-refractivity contribution is 0.0666. The van der Waals surface area contributed by atoms with E-state index in [4.69, 9.17) is 37.7 Å². The summed E-state index contributed by atoms with van der Waals surface area (Å²) in [6.45, 7) is 17.7. The van der Waals surface area contributed by atoms with Crippen LogP contribution in [0.1, 0.15) is 77.9 Å². The second kappa shape index (κ2) is 16.6. The van der Waals surface area contributed by atoms with Gasteiger partial charge in [0.2, 0.25) is 5.82 Å². The van der Waals surface area contributed by atoms with Gasteiger partial charge in [-0.05, 0) is 53.9 Å². The third-order valence-electron chi connectivity index (χ3n) is 7.58. The lowest BCUT2D eigenvalue weighted by Crippen LogP contribution is -2.25. The Morgan fingerprint density at radius 1 is 0.795 bits per heavy atom. The van der Waals surface area contributed by atoms with Crippen LogP contribution < -0.4 is 0 Å². The van der Waals surface area contributed by atoms with E-state index in [1.165, 1.54) is 0 Å². The molecular formula is C34H50Cl2N2O4Si2. The van der Waals surface area contributed by atoms with Gasteiger partial charge in [-0.1, -0.05) is 113 Å². The minimum absolute atomic E-state index is 0.00650. The molecule has 0 bridgehead atoms. The van der Waals surface area contributed by atoms with E-state index in [0.717, 1.165) is 54.6 Å². The number of ether oxygens (including phenoxy) is 2. The molecular weight excluding hydrogens is 627 g/mol. The van der Waals surface area contributed by atoms with Crippen LogP contribution in [0.25, 0.3) is 0 Å². The van der Waals surface area contributed by atoms with Crippen molar-refractivity contribution >= 4 is 45.3 Å². The lowest BCUT2D eigenvalue weighted by Gasteiger charge is -2.27. The van der Waals surface area contributed by atoms with E-state index in [9.17, 15) is 9.90 Å². The van der Waals surface area contributed by atoms with Gasteiger partial charge < -0.3 is 19.1 Å². The number of carboxylic acid groups (broad SMARTS) is 1. The number of nitrogens with zero attached hydrogens (tertiary/aromatic N) is 2. The normalized spacial score (nSPS) is 13.7. The van der Waals surface area contributed by atoms with E-state index >= 15 is 0 Å². The van der Waals surface area contributed by atoms with Gasteiger partial charge in [0.1, 0.15) is 12.2 Å². The van der Waals surface area contributed by atoms with Crippen LogP contribution >= 0.6 is 23.2 Å². The zero-order valence-electron chi connectivity index (χ0n) is 27.5. The molecule has 1 N–H and O–H groups in total. The lowest BCUT2D eigenvalue weighted by atomic mass is 9.99. The Morgan fingerprint density at radius 3 is 1.73 bits per heavy atom. The van der Waals surface area contributed by atoms with Gasteiger partial charge in [-0.15, -0.1) is 0 Å². The number of hydrogen-bond acceptors (Lipinski definition) is 4. The average Bonchev–Trinajstić information content (AvgIpc) is 3.31. The minimum atomic E-state index is -1.42.